The molecule has 1 aliphatic rings. The first-order valence-corrected chi connectivity index (χ1v) is 6.86. The quantitative estimate of drug-likeness (QED) is 0.317. The monoisotopic (exact) mass is 307 g/mol. The van der Waals surface area contributed by atoms with Gasteiger partial charge >= 0.3 is 0 Å². The minimum Gasteiger partial charge on any atom is -0.394 e. The van der Waals surface area contributed by atoms with Crippen LogP contribution in [0.15, 0.2) is 0 Å². The maximum absolute atomic E-state index is 11.3. The Kier molecular flexibility index (Phi) is 7.46. The Morgan fingerprint density at radius 1 is 1.43 bits per heavy atom. The van der Waals surface area contributed by atoms with Gasteiger partial charge in [0.1, 0.15) is 18.3 Å². The predicted molar refractivity (Wildman–Crippen MR) is 72.8 cm³/mol. The molecule has 0 radical (unpaired) electrons. The Balaban J connectivity index is 2.93. The summed E-state index contributed by atoms with van der Waals surface area (Å²) in [5.74, 6) is -0.378. The summed E-state index contributed by atoms with van der Waals surface area (Å²) < 4.78 is 5.57. The molecule has 0 spiro atoms. The molecule has 6 N–H and O–H groups in total. The second-order valence-electron chi connectivity index (χ2n) is 4.92. The Hall–Kier alpha value is -0.810. The molecule has 0 bridgehead atoms. The number of hydroxylamine groups is 2. The fourth-order valence-electron chi connectivity index (χ4n) is 2.30. The van der Waals surface area contributed by atoms with E-state index in [-0.39, 0.29) is 5.91 Å². The Bertz CT molecular complexity index is 332. The number of nitrogens with zero attached hydrogens (tertiary/aromatic N) is 1. The van der Waals surface area contributed by atoms with E-state index in [0.717, 1.165) is 0 Å². The SMILES string of the molecule is CON(CCCN)[C@@H]1O[C@H](CO)[C@@H](O)[C@H](O)[C@H]1NC(C)=O. The molecule has 5 atom stereocenters. The first-order chi connectivity index (χ1) is 9.96. The topological polar surface area (TPSA) is 138 Å². The van der Waals surface area contributed by atoms with Crippen molar-refractivity contribution in [2.75, 3.05) is 26.8 Å². The number of carbonyl (C=O) groups excluding carboxylic acids is 1. The van der Waals surface area contributed by atoms with Crippen molar-refractivity contribution in [1.82, 2.24) is 10.4 Å². The first kappa shape index (κ1) is 18.2. The lowest BCUT2D eigenvalue weighted by atomic mass is 9.95. The molecular formula is C12H25N3O6. The van der Waals surface area contributed by atoms with Crippen molar-refractivity contribution >= 4 is 5.91 Å². The minimum atomic E-state index is -1.31. The molecule has 1 rings (SSSR count). The molecule has 124 valence electrons. The number of nitrogens with two attached hydrogens (primary N) is 1. The zero-order valence-corrected chi connectivity index (χ0v) is 12.3. The van der Waals surface area contributed by atoms with Crippen LogP contribution < -0.4 is 11.1 Å². The lowest BCUT2D eigenvalue weighted by Gasteiger charge is -2.45. The van der Waals surface area contributed by atoms with E-state index >= 15 is 0 Å². The summed E-state index contributed by atoms with van der Waals surface area (Å²) in [6.45, 7) is 1.68. The second-order valence-corrected chi connectivity index (χ2v) is 4.92. The maximum Gasteiger partial charge on any atom is 0.217 e. The average molecular weight is 307 g/mol. The Labute approximate surface area is 123 Å². The summed E-state index contributed by atoms with van der Waals surface area (Å²) >= 11 is 0. The number of amides is 1. The van der Waals surface area contributed by atoms with Crippen molar-refractivity contribution in [2.24, 2.45) is 5.73 Å². The van der Waals surface area contributed by atoms with Gasteiger partial charge in [-0.2, -0.15) is 5.06 Å². The zero-order chi connectivity index (χ0) is 16.0. The third-order valence-corrected chi connectivity index (χ3v) is 3.37. The lowest BCUT2D eigenvalue weighted by molar-refractivity contribution is -0.304. The van der Waals surface area contributed by atoms with Crippen molar-refractivity contribution in [3.05, 3.63) is 0 Å². The lowest BCUT2D eigenvalue weighted by Crippen LogP contribution is -2.67. The van der Waals surface area contributed by atoms with E-state index < -0.39 is 37.2 Å². The number of nitrogens with one attached hydrogen (secondary N) is 1. The second kappa shape index (κ2) is 8.59. The molecule has 1 heterocycles. The van der Waals surface area contributed by atoms with Gasteiger partial charge in [-0.05, 0) is 13.0 Å². The molecule has 1 saturated heterocycles. The molecular weight excluding hydrogens is 282 g/mol. The molecule has 1 fully saturated rings. The van der Waals surface area contributed by atoms with Gasteiger partial charge in [0.25, 0.3) is 0 Å². The van der Waals surface area contributed by atoms with Crippen molar-refractivity contribution in [2.45, 2.75) is 43.9 Å². The van der Waals surface area contributed by atoms with Crippen LogP contribution in [0, 0.1) is 0 Å². The van der Waals surface area contributed by atoms with E-state index in [9.17, 15) is 20.1 Å². The predicted octanol–water partition coefficient (Wildman–Crippen LogP) is -2.86. The number of aliphatic hydroxyl groups is 3. The highest BCUT2D eigenvalue weighted by Crippen LogP contribution is 2.24. The van der Waals surface area contributed by atoms with Gasteiger partial charge in [-0.3, -0.25) is 9.63 Å². The maximum atomic E-state index is 11.3. The van der Waals surface area contributed by atoms with Crippen LogP contribution in [-0.4, -0.2) is 83.7 Å². The van der Waals surface area contributed by atoms with Crippen molar-refractivity contribution < 1.29 is 29.7 Å². The zero-order valence-electron chi connectivity index (χ0n) is 12.3. The van der Waals surface area contributed by atoms with Crippen molar-refractivity contribution in [3.63, 3.8) is 0 Å². The average Bonchev–Trinajstić information content (AvgIpc) is 2.46. The molecule has 1 amide bonds. The van der Waals surface area contributed by atoms with E-state index in [4.69, 9.17) is 15.3 Å². The fraction of sp³-hybridized carbons (Fsp3) is 0.917. The number of rotatable bonds is 7. The fourth-order valence-corrected chi connectivity index (χ4v) is 2.30. The van der Waals surface area contributed by atoms with Gasteiger partial charge in [0.15, 0.2) is 6.23 Å². The van der Waals surface area contributed by atoms with Crippen LogP contribution in [0.5, 0.6) is 0 Å². The van der Waals surface area contributed by atoms with Gasteiger partial charge in [-0.1, -0.05) is 0 Å². The number of carbonyl (C=O) groups is 1. The highest BCUT2D eigenvalue weighted by molar-refractivity contribution is 5.73. The molecule has 0 aromatic rings. The number of ether oxygens (including phenoxy) is 1. The third kappa shape index (κ3) is 4.58. The summed E-state index contributed by atoms with van der Waals surface area (Å²) in [5, 5.41) is 33.3. The largest absolute Gasteiger partial charge is 0.394 e. The van der Waals surface area contributed by atoms with Crippen LogP contribution in [0.1, 0.15) is 13.3 Å². The van der Waals surface area contributed by atoms with E-state index in [2.05, 4.69) is 5.32 Å². The molecule has 0 aromatic heterocycles. The van der Waals surface area contributed by atoms with E-state index in [1.54, 1.807) is 0 Å². The third-order valence-electron chi connectivity index (χ3n) is 3.37. The van der Waals surface area contributed by atoms with Crippen molar-refractivity contribution in [1.29, 1.82) is 0 Å². The van der Waals surface area contributed by atoms with E-state index in [1.165, 1.54) is 19.1 Å². The summed E-state index contributed by atoms with van der Waals surface area (Å²) in [4.78, 5) is 16.5. The van der Waals surface area contributed by atoms with Gasteiger partial charge < -0.3 is 31.1 Å². The molecule has 21 heavy (non-hydrogen) atoms. The standard InChI is InChI=1S/C12H25N3O6/c1-7(17)14-9-11(19)10(18)8(6-16)21-12(9)15(20-2)5-3-4-13/h8-12,16,18-19H,3-6,13H2,1-2H3,(H,14,17)/t8-,9-,10-,11-,12-/m1/s1. The molecule has 0 unspecified atom stereocenters. The summed E-state index contributed by atoms with van der Waals surface area (Å²) in [6.07, 6.45) is -3.80. The molecule has 9 heteroatoms. The highest BCUT2D eigenvalue weighted by Gasteiger charge is 2.47. The van der Waals surface area contributed by atoms with Crippen LogP contribution in [0.2, 0.25) is 0 Å². The highest BCUT2D eigenvalue weighted by atomic mass is 16.7. The van der Waals surface area contributed by atoms with E-state index in [0.29, 0.717) is 19.5 Å². The van der Waals surface area contributed by atoms with Gasteiger partial charge in [0, 0.05) is 13.5 Å². The Morgan fingerprint density at radius 3 is 2.57 bits per heavy atom. The normalized spacial score (nSPS) is 33.2. The summed E-state index contributed by atoms with van der Waals surface area (Å²) in [6, 6.07) is -0.891. The van der Waals surface area contributed by atoms with Crippen LogP contribution >= 0.6 is 0 Å². The van der Waals surface area contributed by atoms with Gasteiger partial charge in [0.05, 0.1) is 19.8 Å². The molecule has 0 saturated carbocycles. The molecule has 1 aliphatic heterocycles. The minimum absolute atomic E-state index is 0.378. The van der Waals surface area contributed by atoms with Gasteiger partial charge in [-0.15, -0.1) is 0 Å². The van der Waals surface area contributed by atoms with Gasteiger partial charge in [-0.25, -0.2) is 0 Å². The molecule has 0 aromatic carbocycles. The van der Waals surface area contributed by atoms with Crippen LogP contribution in [0.4, 0.5) is 0 Å². The van der Waals surface area contributed by atoms with Crippen LogP contribution in [-0.2, 0) is 14.4 Å². The van der Waals surface area contributed by atoms with Gasteiger partial charge in [0.2, 0.25) is 5.91 Å². The smallest absolute Gasteiger partial charge is 0.217 e. The number of aliphatic hydroxyl groups excluding tert-OH is 3. The number of hydrogen-bond donors (Lipinski definition) is 5. The Morgan fingerprint density at radius 2 is 2.10 bits per heavy atom. The summed E-state index contributed by atoms with van der Waals surface area (Å²) in [5.41, 5.74) is 5.46. The van der Waals surface area contributed by atoms with Crippen LogP contribution in [0.25, 0.3) is 0 Å². The van der Waals surface area contributed by atoms with E-state index in [1.807, 2.05) is 0 Å². The molecule has 9 nitrogen and oxygen atoms in total. The van der Waals surface area contributed by atoms with Crippen LogP contribution in [0.3, 0.4) is 0 Å². The number of hydrogen-bond acceptors (Lipinski definition) is 8. The first-order valence-electron chi connectivity index (χ1n) is 6.86. The summed E-state index contributed by atoms with van der Waals surface area (Å²) in [7, 11) is 1.43. The van der Waals surface area contributed by atoms with Crippen molar-refractivity contribution in [3.8, 4) is 0 Å². The molecule has 0 aliphatic carbocycles.